The molecule has 1 aromatic rings. The van der Waals surface area contributed by atoms with Crippen LogP contribution in [0.5, 0.6) is 0 Å². The molecule has 5 heteroatoms. The van der Waals surface area contributed by atoms with Crippen LogP contribution in [0.2, 0.25) is 0 Å². The predicted molar refractivity (Wildman–Crippen MR) is 80.8 cm³/mol. The summed E-state index contributed by atoms with van der Waals surface area (Å²) in [5.74, 6) is -0.291. The van der Waals surface area contributed by atoms with Crippen molar-refractivity contribution in [3.05, 3.63) is 28.2 Å². The minimum atomic E-state index is -0.291. The maximum absolute atomic E-state index is 11.3. The summed E-state index contributed by atoms with van der Waals surface area (Å²) in [6, 6.07) is 6.49. The largest absolute Gasteiger partial charge is 0.368 e. The van der Waals surface area contributed by atoms with E-state index in [1.807, 2.05) is 18.2 Å². The van der Waals surface area contributed by atoms with E-state index in [0.29, 0.717) is 12.6 Å². The van der Waals surface area contributed by atoms with Gasteiger partial charge >= 0.3 is 0 Å². The van der Waals surface area contributed by atoms with Gasteiger partial charge in [0.2, 0.25) is 5.91 Å². The fourth-order valence-corrected chi connectivity index (χ4v) is 3.26. The standard InChI is InChI=1S/C14H20BrN3O/c15-11-5-10(8-16)6-13(7-11)18(9-14(17)19)12-3-1-2-4-12/h5-7,12H,1-4,8-9,16H2,(H2,17,19). The van der Waals surface area contributed by atoms with Crippen molar-refractivity contribution in [1.29, 1.82) is 0 Å². The van der Waals surface area contributed by atoms with Gasteiger partial charge in [0.25, 0.3) is 0 Å². The lowest BCUT2D eigenvalue weighted by Gasteiger charge is -2.30. The van der Waals surface area contributed by atoms with Crippen LogP contribution in [0.15, 0.2) is 22.7 Å². The first kappa shape index (κ1) is 14.3. The summed E-state index contributed by atoms with van der Waals surface area (Å²) in [7, 11) is 0. The Morgan fingerprint density at radius 1 is 1.32 bits per heavy atom. The van der Waals surface area contributed by atoms with Gasteiger partial charge in [-0.2, -0.15) is 0 Å². The Labute approximate surface area is 122 Å². The maximum Gasteiger partial charge on any atom is 0.236 e. The highest BCUT2D eigenvalue weighted by molar-refractivity contribution is 9.10. The fraction of sp³-hybridized carbons (Fsp3) is 0.500. The van der Waals surface area contributed by atoms with Crippen LogP contribution < -0.4 is 16.4 Å². The molecule has 0 aromatic heterocycles. The molecular weight excluding hydrogens is 306 g/mol. The lowest BCUT2D eigenvalue weighted by molar-refractivity contribution is -0.116. The smallest absolute Gasteiger partial charge is 0.236 e. The van der Waals surface area contributed by atoms with E-state index < -0.39 is 0 Å². The number of hydrogen-bond donors (Lipinski definition) is 2. The van der Waals surface area contributed by atoms with Crippen molar-refractivity contribution in [3.8, 4) is 0 Å². The number of nitrogens with two attached hydrogens (primary N) is 2. The molecule has 4 N–H and O–H groups in total. The molecule has 1 aliphatic carbocycles. The minimum Gasteiger partial charge on any atom is -0.368 e. The van der Waals surface area contributed by atoms with E-state index in [0.717, 1.165) is 28.6 Å². The lowest BCUT2D eigenvalue weighted by atomic mass is 10.1. The highest BCUT2D eigenvalue weighted by Crippen LogP contribution is 2.30. The summed E-state index contributed by atoms with van der Waals surface area (Å²) >= 11 is 3.50. The SMILES string of the molecule is NCc1cc(Br)cc(N(CC(N)=O)C2CCCC2)c1. The van der Waals surface area contributed by atoms with Crippen molar-refractivity contribution < 1.29 is 4.79 Å². The molecule has 104 valence electrons. The van der Waals surface area contributed by atoms with Gasteiger partial charge in [-0.3, -0.25) is 4.79 Å². The average Bonchev–Trinajstić information content (AvgIpc) is 2.88. The van der Waals surface area contributed by atoms with Crippen molar-refractivity contribution in [2.45, 2.75) is 38.3 Å². The zero-order valence-corrected chi connectivity index (χ0v) is 12.5. The lowest BCUT2D eigenvalue weighted by Crippen LogP contribution is -2.40. The van der Waals surface area contributed by atoms with Crippen LogP contribution in [0.4, 0.5) is 5.69 Å². The number of primary amides is 1. The topological polar surface area (TPSA) is 72.3 Å². The van der Waals surface area contributed by atoms with Crippen LogP contribution in [-0.2, 0) is 11.3 Å². The second-order valence-corrected chi connectivity index (χ2v) is 5.97. The van der Waals surface area contributed by atoms with Gasteiger partial charge in [-0.05, 0) is 36.6 Å². The van der Waals surface area contributed by atoms with Crippen molar-refractivity contribution in [1.82, 2.24) is 0 Å². The third-order valence-electron chi connectivity index (χ3n) is 3.60. The summed E-state index contributed by atoms with van der Waals surface area (Å²) in [5.41, 5.74) is 13.2. The normalized spacial score (nSPS) is 15.7. The summed E-state index contributed by atoms with van der Waals surface area (Å²) < 4.78 is 0.984. The molecule has 0 spiro atoms. The highest BCUT2D eigenvalue weighted by atomic mass is 79.9. The van der Waals surface area contributed by atoms with Gasteiger partial charge < -0.3 is 16.4 Å². The third-order valence-corrected chi connectivity index (χ3v) is 4.06. The summed E-state index contributed by atoms with van der Waals surface area (Å²) in [6.45, 7) is 0.757. The molecule has 4 nitrogen and oxygen atoms in total. The van der Waals surface area contributed by atoms with Crippen molar-refractivity contribution in [2.24, 2.45) is 11.5 Å². The van der Waals surface area contributed by atoms with Crippen LogP contribution in [0.3, 0.4) is 0 Å². The van der Waals surface area contributed by atoms with Gasteiger partial charge in [-0.15, -0.1) is 0 Å². The molecule has 1 aromatic carbocycles. The van der Waals surface area contributed by atoms with Gasteiger partial charge in [0.1, 0.15) is 0 Å². The van der Waals surface area contributed by atoms with Crippen LogP contribution in [0, 0.1) is 0 Å². The molecule has 2 rings (SSSR count). The molecule has 1 amide bonds. The first-order chi connectivity index (χ1) is 9.10. The van der Waals surface area contributed by atoms with E-state index in [2.05, 4.69) is 20.8 Å². The molecule has 1 saturated carbocycles. The fourth-order valence-electron chi connectivity index (χ4n) is 2.73. The Bertz CT molecular complexity index is 458. The number of anilines is 1. The van der Waals surface area contributed by atoms with Crippen LogP contribution in [-0.4, -0.2) is 18.5 Å². The monoisotopic (exact) mass is 325 g/mol. The highest BCUT2D eigenvalue weighted by Gasteiger charge is 2.24. The number of halogens is 1. The van der Waals surface area contributed by atoms with Gasteiger partial charge in [-0.1, -0.05) is 28.8 Å². The van der Waals surface area contributed by atoms with E-state index in [4.69, 9.17) is 11.5 Å². The van der Waals surface area contributed by atoms with Crippen molar-refractivity contribution in [2.75, 3.05) is 11.4 Å². The quantitative estimate of drug-likeness (QED) is 0.871. The molecule has 0 unspecified atom stereocenters. The molecule has 19 heavy (non-hydrogen) atoms. The van der Waals surface area contributed by atoms with Crippen LogP contribution in [0.25, 0.3) is 0 Å². The van der Waals surface area contributed by atoms with Crippen molar-refractivity contribution in [3.63, 3.8) is 0 Å². The molecule has 0 radical (unpaired) electrons. The average molecular weight is 326 g/mol. The minimum absolute atomic E-state index is 0.269. The molecule has 0 atom stereocenters. The molecule has 1 aliphatic rings. The maximum atomic E-state index is 11.3. The molecule has 1 fully saturated rings. The summed E-state index contributed by atoms with van der Waals surface area (Å²) in [5, 5.41) is 0. The van der Waals surface area contributed by atoms with E-state index in [-0.39, 0.29) is 12.5 Å². The summed E-state index contributed by atoms with van der Waals surface area (Å²) in [4.78, 5) is 13.4. The Balaban J connectivity index is 2.30. The Hall–Kier alpha value is -1.07. The molecule has 0 bridgehead atoms. The Kier molecular flexibility index (Phi) is 4.82. The van der Waals surface area contributed by atoms with Crippen molar-refractivity contribution >= 4 is 27.5 Å². The van der Waals surface area contributed by atoms with Crippen LogP contribution in [0.1, 0.15) is 31.2 Å². The number of carbonyl (C=O) groups is 1. The van der Waals surface area contributed by atoms with E-state index in [1.165, 1.54) is 12.8 Å². The van der Waals surface area contributed by atoms with Gasteiger partial charge in [0.05, 0.1) is 6.54 Å². The number of rotatable bonds is 5. The van der Waals surface area contributed by atoms with Crippen LogP contribution >= 0.6 is 15.9 Å². The number of amides is 1. The number of carbonyl (C=O) groups excluding carboxylic acids is 1. The number of hydrogen-bond acceptors (Lipinski definition) is 3. The second-order valence-electron chi connectivity index (χ2n) is 5.05. The Morgan fingerprint density at radius 3 is 2.58 bits per heavy atom. The predicted octanol–water partition coefficient (Wildman–Crippen LogP) is 2.14. The Morgan fingerprint density at radius 2 is 2.00 bits per heavy atom. The molecule has 0 heterocycles. The molecule has 0 aliphatic heterocycles. The number of nitrogens with zero attached hydrogens (tertiary/aromatic N) is 1. The number of benzene rings is 1. The van der Waals surface area contributed by atoms with Gasteiger partial charge in [-0.25, -0.2) is 0 Å². The van der Waals surface area contributed by atoms with E-state index in [9.17, 15) is 4.79 Å². The first-order valence-corrected chi connectivity index (χ1v) is 7.44. The third kappa shape index (κ3) is 3.70. The van der Waals surface area contributed by atoms with E-state index in [1.54, 1.807) is 0 Å². The molecular formula is C14H20BrN3O. The van der Waals surface area contributed by atoms with E-state index >= 15 is 0 Å². The van der Waals surface area contributed by atoms with Gasteiger partial charge in [0, 0.05) is 22.7 Å². The second kappa shape index (κ2) is 6.39. The van der Waals surface area contributed by atoms with Gasteiger partial charge in [0.15, 0.2) is 0 Å². The zero-order valence-electron chi connectivity index (χ0n) is 10.9. The molecule has 0 saturated heterocycles. The first-order valence-electron chi connectivity index (χ1n) is 6.64. The zero-order chi connectivity index (χ0) is 13.8. The summed E-state index contributed by atoms with van der Waals surface area (Å²) in [6.07, 6.45) is 4.69.